The number of likely N-dealkylation sites (tertiary alicyclic amines) is 1. The lowest BCUT2D eigenvalue weighted by Gasteiger charge is -2.21. The van der Waals surface area contributed by atoms with Crippen molar-refractivity contribution in [1.29, 1.82) is 0 Å². The van der Waals surface area contributed by atoms with Crippen LogP contribution in [-0.4, -0.2) is 43.7 Å². The summed E-state index contributed by atoms with van der Waals surface area (Å²) in [5.41, 5.74) is 2.23. The van der Waals surface area contributed by atoms with Crippen LogP contribution in [-0.2, 0) is 4.79 Å². The van der Waals surface area contributed by atoms with E-state index < -0.39 is 5.25 Å². The molecule has 2 aromatic carbocycles. The number of fused-ring (bicyclic) bond motifs is 1. The van der Waals surface area contributed by atoms with Crippen molar-refractivity contribution in [2.45, 2.75) is 29.7 Å². The van der Waals surface area contributed by atoms with Crippen LogP contribution >= 0.6 is 23.4 Å². The molecule has 0 bridgehead atoms. The second-order valence-corrected chi connectivity index (χ2v) is 9.12. The highest BCUT2D eigenvalue weighted by molar-refractivity contribution is 8.00. The minimum absolute atomic E-state index is 0.237. The number of thioether (sulfide) groups is 1. The molecule has 5 rings (SSSR count). The summed E-state index contributed by atoms with van der Waals surface area (Å²) >= 11 is 7.13. The molecular formula is C23H19ClN4O3S. The fraction of sp³-hybridized carbons (Fsp3) is 0.217. The maximum Gasteiger partial charge on any atom is 0.277 e. The summed E-state index contributed by atoms with van der Waals surface area (Å²) < 4.78 is 5.87. The zero-order valence-electron chi connectivity index (χ0n) is 17.0. The monoisotopic (exact) mass is 466 g/mol. The van der Waals surface area contributed by atoms with Gasteiger partial charge in [0.05, 0.1) is 10.8 Å². The molecule has 0 spiro atoms. The summed E-state index contributed by atoms with van der Waals surface area (Å²) in [7, 11) is 0. The Morgan fingerprint density at radius 3 is 2.78 bits per heavy atom. The third kappa shape index (κ3) is 4.03. The summed E-state index contributed by atoms with van der Waals surface area (Å²) in [5.74, 6) is -0.163. The number of aromatic amines is 1. The van der Waals surface area contributed by atoms with Gasteiger partial charge in [-0.05, 0) is 43.2 Å². The number of aromatic nitrogens is 3. The molecule has 1 saturated heterocycles. The summed E-state index contributed by atoms with van der Waals surface area (Å²) in [6, 6.07) is 14.4. The Balaban J connectivity index is 1.35. The number of carbonyl (C=O) groups is 2. The zero-order valence-corrected chi connectivity index (χ0v) is 18.5. The molecule has 1 N–H and O–H groups in total. The van der Waals surface area contributed by atoms with Crippen molar-refractivity contribution in [2.24, 2.45) is 0 Å². The number of rotatable bonds is 4. The number of nitrogens with one attached hydrogen (secondary N) is 1. The molecule has 7 nitrogen and oxygen atoms in total. The van der Waals surface area contributed by atoms with Crippen molar-refractivity contribution in [3.63, 3.8) is 0 Å². The van der Waals surface area contributed by atoms with Gasteiger partial charge in [-0.15, -0.1) is 10.2 Å². The maximum atomic E-state index is 13.2. The van der Waals surface area contributed by atoms with Gasteiger partial charge in [0.2, 0.25) is 5.91 Å². The Morgan fingerprint density at radius 1 is 1.12 bits per heavy atom. The smallest absolute Gasteiger partial charge is 0.277 e. The lowest BCUT2D eigenvalue weighted by atomic mass is 10.2. The zero-order chi connectivity index (χ0) is 22.1. The minimum Gasteiger partial charge on any atom is -0.411 e. The highest BCUT2D eigenvalue weighted by atomic mass is 35.5. The first-order valence-corrected chi connectivity index (χ1v) is 11.5. The van der Waals surface area contributed by atoms with Crippen LogP contribution in [0.5, 0.6) is 0 Å². The number of hydrogen-bond acceptors (Lipinski definition) is 6. The number of halogens is 1. The van der Waals surface area contributed by atoms with Crippen LogP contribution in [0.3, 0.4) is 0 Å². The van der Waals surface area contributed by atoms with Gasteiger partial charge in [-0.2, -0.15) is 0 Å². The van der Waals surface area contributed by atoms with Gasteiger partial charge in [0, 0.05) is 34.2 Å². The third-order valence-electron chi connectivity index (χ3n) is 5.45. The number of nitrogens with zero attached hydrogens (tertiary/aromatic N) is 3. The van der Waals surface area contributed by atoms with E-state index >= 15 is 0 Å². The SMILES string of the molecule is O=C(c1ccc(Cl)cc1)N1CCCC[C@H](Sc2nnc(-c3c[nH]c4ccccc34)o2)C1=O. The first-order chi connectivity index (χ1) is 15.6. The number of H-pyrrole nitrogens is 1. The second kappa shape index (κ2) is 8.80. The molecule has 32 heavy (non-hydrogen) atoms. The molecule has 162 valence electrons. The molecule has 2 amide bonds. The van der Waals surface area contributed by atoms with Crippen molar-refractivity contribution < 1.29 is 14.0 Å². The number of carbonyl (C=O) groups excluding carboxylic acids is 2. The number of benzene rings is 2. The molecule has 0 radical (unpaired) electrons. The topological polar surface area (TPSA) is 92.1 Å². The van der Waals surface area contributed by atoms with Crippen molar-refractivity contribution in [1.82, 2.24) is 20.1 Å². The van der Waals surface area contributed by atoms with E-state index in [1.807, 2.05) is 30.5 Å². The molecule has 3 heterocycles. The molecule has 0 saturated carbocycles. The summed E-state index contributed by atoms with van der Waals surface area (Å²) in [6.45, 7) is 0.391. The average Bonchev–Trinajstić information content (AvgIpc) is 3.40. The highest BCUT2D eigenvalue weighted by Gasteiger charge is 2.33. The van der Waals surface area contributed by atoms with Gasteiger partial charge in [0.1, 0.15) is 0 Å². The molecule has 1 atom stereocenters. The Labute approximate surface area is 193 Å². The maximum absolute atomic E-state index is 13.2. The molecule has 0 aliphatic carbocycles. The minimum atomic E-state index is -0.468. The Morgan fingerprint density at radius 2 is 1.94 bits per heavy atom. The van der Waals surface area contributed by atoms with Crippen LogP contribution in [0, 0.1) is 0 Å². The van der Waals surface area contributed by atoms with E-state index in [2.05, 4.69) is 15.2 Å². The van der Waals surface area contributed by atoms with Gasteiger partial charge >= 0.3 is 0 Å². The number of imide groups is 1. The first-order valence-electron chi connectivity index (χ1n) is 10.3. The average molecular weight is 467 g/mol. The van der Waals surface area contributed by atoms with E-state index in [1.54, 1.807) is 24.3 Å². The van der Waals surface area contributed by atoms with Gasteiger partial charge in [0.25, 0.3) is 17.0 Å². The standard InChI is InChI=1S/C23H19ClN4O3S/c24-15-10-8-14(9-11-15)21(29)28-12-4-3-7-19(22(28)30)32-23-27-26-20(31-23)17-13-25-18-6-2-1-5-16(17)18/h1-2,5-6,8-11,13,19,25H,3-4,7,12H2/t19-/m0/s1. The fourth-order valence-electron chi connectivity index (χ4n) is 3.80. The van der Waals surface area contributed by atoms with Gasteiger partial charge in [-0.25, -0.2) is 0 Å². The quantitative estimate of drug-likeness (QED) is 0.416. The van der Waals surface area contributed by atoms with Crippen molar-refractivity contribution >= 4 is 46.1 Å². The summed E-state index contributed by atoms with van der Waals surface area (Å²) in [5, 5.41) is 9.68. The largest absolute Gasteiger partial charge is 0.411 e. The molecule has 0 unspecified atom stereocenters. The van der Waals surface area contributed by atoms with Crippen molar-refractivity contribution in [3.8, 4) is 11.5 Å². The molecular weight excluding hydrogens is 448 g/mol. The Bertz CT molecular complexity index is 1280. The van der Waals surface area contributed by atoms with E-state index in [1.165, 1.54) is 16.7 Å². The van der Waals surface area contributed by atoms with Crippen LogP contribution < -0.4 is 0 Å². The van der Waals surface area contributed by atoms with E-state index in [9.17, 15) is 9.59 Å². The Hall–Kier alpha value is -3.10. The van der Waals surface area contributed by atoms with Gasteiger partial charge in [-0.1, -0.05) is 48.0 Å². The number of amides is 2. The molecule has 1 aliphatic rings. The summed E-state index contributed by atoms with van der Waals surface area (Å²) in [6.07, 6.45) is 4.05. The molecule has 9 heteroatoms. The second-order valence-electron chi connectivity index (χ2n) is 7.53. The Kier molecular flexibility index (Phi) is 5.71. The fourth-order valence-corrected chi connectivity index (χ4v) is 4.90. The normalized spacial score (nSPS) is 17.0. The van der Waals surface area contributed by atoms with Gasteiger partial charge in [-0.3, -0.25) is 14.5 Å². The van der Waals surface area contributed by atoms with Crippen LogP contribution in [0.25, 0.3) is 22.4 Å². The van der Waals surface area contributed by atoms with E-state index in [4.69, 9.17) is 16.0 Å². The predicted molar refractivity (Wildman–Crippen MR) is 123 cm³/mol. The van der Waals surface area contributed by atoms with E-state index in [-0.39, 0.29) is 11.8 Å². The molecule has 4 aromatic rings. The highest BCUT2D eigenvalue weighted by Crippen LogP contribution is 2.33. The predicted octanol–water partition coefficient (Wildman–Crippen LogP) is 5.18. The van der Waals surface area contributed by atoms with Gasteiger partial charge in [0.15, 0.2) is 0 Å². The molecule has 1 aliphatic heterocycles. The number of para-hydroxylation sites is 1. The number of hydrogen-bond donors (Lipinski definition) is 1. The molecule has 2 aromatic heterocycles. The lowest BCUT2D eigenvalue weighted by molar-refractivity contribution is -0.127. The third-order valence-corrected chi connectivity index (χ3v) is 6.79. The van der Waals surface area contributed by atoms with E-state index in [0.29, 0.717) is 34.7 Å². The van der Waals surface area contributed by atoms with Crippen molar-refractivity contribution in [2.75, 3.05) is 6.54 Å². The van der Waals surface area contributed by atoms with Crippen molar-refractivity contribution in [3.05, 3.63) is 65.3 Å². The summed E-state index contributed by atoms with van der Waals surface area (Å²) in [4.78, 5) is 30.7. The van der Waals surface area contributed by atoms with Crippen LogP contribution in [0.4, 0.5) is 0 Å². The molecule has 1 fully saturated rings. The van der Waals surface area contributed by atoms with Crippen LogP contribution in [0.15, 0.2) is 64.4 Å². The van der Waals surface area contributed by atoms with E-state index in [0.717, 1.165) is 29.3 Å². The first kappa shape index (κ1) is 20.8. The van der Waals surface area contributed by atoms with Crippen LogP contribution in [0.2, 0.25) is 5.02 Å². The lowest BCUT2D eigenvalue weighted by Crippen LogP contribution is -2.41. The van der Waals surface area contributed by atoms with Gasteiger partial charge < -0.3 is 9.40 Å². The van der Waals surface area contributed by atoms with Crippen LogP contribution in [0.1, 0.15) is 29.6 Å².